The molecule has 1 heterocycles. The summed E-state index contributed by atoms with van der Waals surface area (Å²) in [5.41, 5.74) is 3.97. The van der Waals surface area contributed by atoms with Crippen molar-refractivity contribution in [2.24, 2.45) is 0 Å². The summed E-state index contributed by atoms with van der Waals surface area (Å²) in [7, 11) is -2.64. The topological polar surface area (TPSA) is 98.5 Å². The minimum Gasteiger partial charge on any atom is -0.356 e. The Hall–Kier alpha value is -4.81. The first kappa shape index (κ1) is 36.5. The molecule has 5 rings (SSSR count). The van der Waals surface area contributed by atoms with E-state index in [2.05, 4.69) is 47.6 Å². The van der Waals surface area contributed by atoms with Crippen LogP contribution in [0.1, 0.15) is 65.0 Å². The third-order valence-corrected chi connectivity index (χ3v) is 9.60. The number of amides is 1. The Labute approximate surface area is 288 Å². The van der Waals surface area contributed by atoms with E-state index >= 15 is 0 Å². The van der Waals surface area contributed by atoms with Gasteiger partial charge >= 0.3 is 6.18 Å². The minimum atomic E-state index is -4.51. The number of alkyl halides is 3. The number of carbonyl (C=O) groups excluding carboxylic acids is 1. The summed E-state index contributed by atoms with van der Waals surface area (Å²) in [6.45, 7) is 6.27. The van der Waals surface area contributed by atoms with E-state index in [1.807, 2.05) is 24.3 Å². The van der Waals surface area contributed by atoms with Gasteiger partial charge in [0.25, 0.3) is 16.0 Å². The maximum absolute atomic E-state index is 14.9. The van der Waals surface area contributed by atoms with Crippen LogP contribution >= 0.6 is 0 Å². The number of carbonyl (C=O) groups is 1. The van der Waals surface area contributed by atoms with Gasteiger partial charge in [-0.05, 0) is 76.6 Å². The van der Waals surface area contributed by atoms with Gasteiger partial charge in [-0.3, -0.25) is 8.98 Å². The molecule has 0 fully saturated rings. The van der Waals surface area contributed by atoms with Gasteiger partial charge in [0.1, 0.15) is 5.82 Å². The normalized spacial score (nSPS) is 12.9. The molecule has 0 aliphatic carbocycles. The van der Waals surface area contributed by atoms with Crippen LogP contribution in [0.25, 0.3) is 22.5 Å². The van der Waals surface area contributed by atoms with Gasteiger partial charge in [-0.15, -0.1) is 0 Å². The molecule has 0 saturated carbocycles. The molecule has 12 heteroatoms. The van der Waals surface area contributed by atoms with Gasteiger partial charge in [0.2, 0.25) is 0 Å². The Morgan fingerprint density at radius 3 is 2.08 bits per heavy atom. The average Bonchev–Trinajstić information content (AvgIpc) is 3.57. The fourth-order valence-corrected chi connectivity index (χ4v) is 5.96. The SMILES string of the molecule is COS(=O)(=O)CCNC(=O)c1ccc(CC(c2ccc(C(C)(C)C)cc2)c2cc(-c3ccc(F)c(-c4ccc(C(F)(F)F)cc4)c3)on2)cc1. The Morgan fingerprint density at radius 2 is 1.48 bits per heavy atom. The molecule has 1 atom stereocenters. The van der Waals surface area contributed by atoms with E-state index in [0.717, 1.165) is 35.9 Å². The summed E-state index contributed by atoms with van der Waals surface area (Å²) in [5, 5.41) is 6.96. The third kappa shape index (κ3) is 8.85. The highest BCUT2D eigenvalue weighted by atomic mass is 32.2. The van der Waals surface area contributed by atoms with Gasteiger partial charge < -0.3 is 9.84 Å². The standard InChI is InChI=1S/C38H36F4N2O5S/c1-37(2,3)29-14-9-26(10-15-29)32(21-24-5-7-27(8-6-24)36(45)43-19-20-50(46,47)48-4)34-23-35(49-44-34)28-13-18-33(39)31(22-28)25-11-16-30(17-12-25)38(40,41)42/h5-18,22-23,32H,19-21H2,1-4H3,(H,43,45). The molecular formula is C38H36F4N2O5S. The highest BCUT2D eigenvalue weighted by molar-refractivity contribution is 7.86. The second-order valence-corrected chi connectivity index (χ2v) is 14.8. The smallest absolute Gasteiger partial charge is 0.356 e. The molecular weight excluding hydrogens is 672 g/mol. The van der Waals surface area contributed by atoms with Crippen molar-refractivity contribution in [2.45, 2.75) is 44.7 Å². The van der Waals surface area contributed by atoms with Crippen molar-refractivity contribution in [3.8, 4) is 22.5 Å². The first-order chi connectivity index (χ1) is 23.5. The van der Waals surface area contributed by atoms with E-state index in [4.69, 9.17) is 4.52 Å². The predicted molar refractivity (Wildman–Crippen MR) is 183 cm³/mol. The van der Waals surface area contributed by atoms with Crippen molar-refractivity contribution in [1.29, 1.82) is 0 Å². The average molecular weight is 709 g/mol. The van der Waals surface area contributed by atoms with Crippen LogP contribution in [-0.4, -0.2) is 38.9 Å². The van der Waals surface area contributed by atoms with Gasteiger partial charge in [0, 0.05) is 35.2 Å². The highest BCUT2D eigenvalue weighted by Gasteiger charge is 2.30. The summed E-state index contributed by atoms with van der Waals surface area (Å²) in [6.07, 6.45) is -4.03. The van der Waals surface area contributed by atoms with Crippen LogP contribution in [0.5, 0.6) is 0 Å². The van der Waals surface area contributed by atoms with Crippen LogP contribution in [0.4, 0.5) is 17.6 Å². The second-order valence-electron chi connectivity index (χ2n) is 12.9. The molecule has 0 spiro atoms. The van der Waals surface area contributed by atoms with Crippen LogP contribution in [-0.2, 0) is 32.3 Å². The molecule has 1 unspecified atom stereocenters. The number of halogens is 4. The van der Waals surface area contributed by atoms with E-state index in [0.29, 0.717) is 29.0 Å². The zero-order valence-corrected chi connectivity index (χ0v) is 28.7. The molecule has 0 bridgehead atoms. The van der Waals surface area contributed by atoms with Crippen LogP contribution in [0.2, 0.25) is 0 Å². The van der Waals surface area contributed by atoms with E-state index in [-0.39, 0.29) is 34.8 Å². The summed E-state index contributed by atoms with van der Waals surface area (Å²) in [6, 6.07) is 25.5. The quantitative estimate of drug-likeness (QED) is 0.109. The predicted octanol–water partition coefficient (Wildman–Crippen LogP) is 8.54. The van der Waals surface area contributed by atoms with Crippen LogP contribution < -0.4 is 5.32 Å². The lowest BCUT2D eigenvalue weighted by molar-refractivity contribution is -0.137. The van der Waals surface area contributed by atoms with Crippen molar-refractivity contribution in [1.82, 2.24) is 10.5 Å². The molecule has 4 aromatic carbocycles. The van der Waals surface area contributed by atoms with E-state index in [1.54, 1.807) is 18.2 Å². The van der Waals surface area contributed by atoms with Gasteiger partial charge in [-0.1, -0.05) is 74.5 Å². The third-order valence-electron chi connectivity index (χ3n) is 8.39. The van der Waals surface area contributed by atoms with E-state index in [1.165, 1.54) is 30.3 Å². The molecule has 50 heavy (non-hydrogen) atoms. The summed E-state index contributed by atoms with van der Waals surface area (Å²) < 4.78 is 87.4. The van der Waals surface area contributed by atoms with Crippen molar-refractivity contribution in [3.63, 3.8) is 0 Å². The molecule has 1 N–H and O–H groups in total. The number of hydrogen-bond acceptors (Lipinski definition) is 6. The zero-order valence-electron chi connectivity index (χ0n) is 27.8. The molecule has 0 radical (unpaired) electrons. The number of benzene rings is 4. The Bertz CT molecular complexity index is 2050. The van der Waals surface area contributed by atoms with Gasteiger partial charge in [0.15, 0.2) is 5.76 Å². The lowest BCUT2D eigenvalue weighted by atomic mass is 9.83. The summed E-state index contributed by atoms with van der Waals surface area (Å²) >= 11 is 0. The molecule has 1 amide bonds. The lowest BCUT2D eigenvalue weighted by Gasteiger charge is -2.21. The first-order valence-corrected chi connectivity index (χ1v) is 17.3. The zero-order chi connectivity index (χ0) is 36.3. The Morgan fingerprint density at radius 1 is 0.860 bits per heavy atom. The second kappa shape index (κ2) is 14.6. The molecule has 7 nitrogen and oxygen atoms in total. The van der Waals surface area contributed by atoms with E-state index < -0.39 is 33.6 Å². The minimum absolute atomic E-state index is 0.0629. The Kier molecular flexibility index (Phi) is 10.6. The fourth-order valence-electron chi connectivity index (χ4n) is 5.44. The molecule has 0 aliphatic rings. The summed E-state index contributed by atoms with van der Waals surface area (Å²) in [4.78, 5) is 12.6. The lowest BCUT2D eigenvalue weighted by Crippen LogP contribution is -2.29. The number of aromatic nitrogens is 1. The molecule has 0 aliphatic heterocycles. The van der Waals surface area contributed by atoms with Crippen molar-refractivity contribution >= 4 is 16.0 Å². The number of hydrogen-bond donors (Lipinski definition) is 1. The molecule has 5 aromatic rings. The maximum Gasteiger partial charge on any atom is 0.416 e. The monoisotopic (exact) mass is 708 g/mol. The largest absolute Gasteiger partial charge is 0.416 e. The van der Waals surface area contributed by atoms with Crippen molar-refractivity contribution in [3.05, 3.63) is 136 Å². The van der Waals surface area contributed by atoms with Crippen molar-refractivity contribution in [2.75, 3.05) is 19.4 Å². The first-order valence-electron chi connectivity index (χ1n) is 15.7. The highest BCUT2D eigenvalue weighted by Crippen LogP contribution is 2.36. The number of nitrogens with one attached hydrogen (secondary N) is 1. The van der Waals surface area contributed by atoms with Crippen LogP contribution in [0.15, 0.2) is 102 Å². The van der Waals surface area contributed by atoms with Crippen molar-refractivity contribution < 1.29 is 39.5 Å². The van der Waals surface area contributed by atoms with E-state index in [9.17, 15) is 30.8 Å². The molecule has 262 valence electrons. The van der Waals surface area contributed by atoms with Gasteiger partial charge in [-0.2, -0.15) is 21.6 Å². The fraction of sp³-hybridized carbons (Fsp3) is 0.263. The van der Waals surface area contributed by atoms with Crippen LogP contribution in [0, 0.1) is 5.82 Å². The number of nitrogens with zero attached hydrogens (tertiary/aromatic N) is 1. The Balaban J connectivity index is 1.42. The maximum atomic E-state index is 14.9. The molecule has 0 saturated heterocycles. The number of rotatable bonds is 11. The van der Waals surface area contributed by atoms with Gasteiger partial charge in [0.05, 0.1) is 24.1 Å². The van der Waals surface area contributed by atoms with Crippen LogP contribution in [0.3, 0.4) is 0 Å². The van der Waals surface area contributed by atoms with Gasteiger partial charge in [-0.25, -0.2) is 4.39 Å². The summed E-state index contributed by atoms with van der Waals surface area (Å²) in [5.74, 6) is -1.30. The molecule has 1 aromatic heterocycles.